The lowest BCUT2D eigenvalue weighted by atomic mass is 10.1. The van der Waals surface area contributed by atoms with Gasteiger partial charge >= 0.3 is 0 Å². The highest BCUT2D eigenvalue weighted by molar-refractivity contribution is 7.88. The molecule has 0 aliphatic rings. The number of rotatable bonds is 4. The highest BCUT2D eigenvalue weighted by atomic mass is 32.2. The molecule has 0 spiro atoms. The molecule has 6 nitrogen and oxygen atoms in total. The van der Waals surface area contributed by atoms with Crippen LogP contribution >= 0.6 is 0 Å². The molecule has 2 aromatic rings. The van der Waals surface area contributed by atoms with Crippen LogP contribution in [0.4, 0.5) is 0 Å². The molecule has 0 aliphatic carbocycles. The number of carbonyl (C=O) groups excluding carboxylic acids is 1. The molecular formula is C18H21NO5S. The van der Waals surface area contributed by atoms with E-state index in [0.29, 0.717) is 22.3 Å². The van der Waals surface area contributed by atoms with E-state index in [9.17, 15) is 13.2 Å². The predicted molar refractivity (Wildman–Crippen MR) is 98.0 cm³/mol. The summed E-state index contributed by atoms with van der Waals surface area (Å²) < 4.78 is 34.3. The second-order valence-corrected chi connectivity index (χ2v) is 6.54. The lowest BCUT2D eigenvalue weighted by Gasteiger charge is -2.02. The molecule has 25 heavy (non-hydrogen) atoms. The highest BCUT2D eigenvalue weighted by Gasteiger charge is 2.02. The van der Waals surface area contributed by atoms with Crippen LogP contribution in [0.5, 0.6) is 5.75 Å². The molecule has 0 fully saturated rings. The molecule has 1 amide bonds. The van der Waals surface area contributed by atoms with Crippen molar-refractivity contribution in [2.45, 2.75) is 13.8 Å². The van der Waals surface area contributed by atoms with Crippen LogP contribution in [0.3, 0.4) is 0 Å². The molecule has 0 atom stereocenters. The van der Waals surface area contributed by atoms with Crippen LogP contribution in [0.15, 0.2) is 47.9 Å². The summed E-state index contributed by atoms with van der Waals surface area (Å²) in [4.78, 5) is 10.8. The fourth-order valence-electron chi connectivity index (χ4n) is 2.05. The number of benzene rings is 2. The normalized spacial score (nSPS) is 10.9. The Bertz CT molecular complexity index is 873. The van der Waals surface area contributed by atoms with E-state index >= 15 is 0 Å². The van der Waals surface area contributed by atoms with Crippen LogP contribution in [0, 0.1) is 13.8 Å². The average molecular weight is 363 g/mol. The maximum atomic E-state index is 10.8. The summed E-state index contributed by atoms with van der Waals surface area (Å²) in [5.74, 6) is 0.190. The van der Waals surface area contributed by atoms with Crippen molar-refractivity contribution >= 4 is 22.1 Å². The van der Waals surface area contributed by atoms with Crippen molar-refractivity contribution in [1.29, 1.82) is 0 Å². The fraction of sp³-hybridized carbons (Fsp3) is 0.167. The van der Waals surface area contributed by atoms with E-state index in [4.69, 9.17) is 15.0 Å². The van der Waals surface area contributed by atoms with Gasteiger partial charge in [-0.25, -0.2) is 0 Å². The summed E-state index contributed by atoms with van der Waals surface area (Å²) in [5, 5.41) is 0.713. The van der Waals surface area contributed by atoms with Crippen LogP contribution in [0.2, 0.25) is 0 Å². The minimum Gasteiger partial charge on any atom is -0.496 e. The molecule has 134 valence electrons. The Morgan fingerprint density at radius 2 is 1.80 bits per heavy atom. The molecule has 7 heteroatoms. The molecule has 0 aromatic heterocycles. The van der Waals surface area contributed by atoms with E-state index in [1.165, 1.54) is 13.2 Å². The Kier molecular flexibility index (Phi) is 7.35. The third kappa shape index (κ3) is 7.19. The van der Waals surface area contributed by atoms with E-state index in [1.807, 2.05) is 26.0 Å². The zero-order valence-corrected chi connectivity index (χ0v) is 15.1. The Morgan fingerprint density at radius 3 is 2.32 bits per heavy atom. The van der Waals surface area contributed by atoms with Crippen LogP contribution in [-0.4, -0.2) is 26.0 Å². The molecule has 2 rings (SSSR count). The van der Waals surface area contributed by atoms with Gasteiger partial charge in [0.05, 0.1) is 12.5 Å². The standard InChI is InChI=1S/C9H11NO.C9H10O4S/c1-6-3-4-8(9(10)11)7(2)5-6;1-13-9-5-3-2-4-8(9)6-7-14(10,11)12/h3-5H,1-2H3,(H2,10,11);2-7H,1H3,(H,10,11,12)/b;7-6+. The molecule has 0 heterocycles. The lowest BCUT2D eigenvalue weighted by molar-refractivity contribution is 0.0999. The summed E-state index contributed by atoms with van der Waals surface area (Å²) in [5.41, 5.74) is 8.41. The molecule has 0 unspecified atom stereocenters. The maximum absolute atomic E-state index is 10.8. The number of methoxy groups -OCH3 is 1. The Balaban J connectivity index is 0.000000257. The lowest BCUT2D eigenvalue weighted by Crippen LogP contribution is -2.12. The van der Waals surface area contributed by atoms with Gasteiger partial charge in [-0.1, -0.05) is 35.9 Å². The minimum absolute atomic E-state index is 0.359. The van der Waals surface area contributed by atoms with Gasteiger partial charge in [0.15, 0.2) is 0 Å². The Hall–Kier alpha value is -2.64. The molecule has 2 aromatic carbocycles. The van der Waals surface area contributed by atoms with E-state index in [2.05, 4.69) is 0 Å². The van der Waals surface area contributed by atoms with E-state index in [-0.39, 0.29) is 5.91 Å². The zero-order chi connectivity index (χ0) is 19.0. The van der Waals surface area contributed by atoms with Gasteiger partial charge in [0.1, 0.15) is 5.75 Å². The second-order valence-electron chi connectivity index (χ2n) is 5.24. The van der Waals surface area contributed by atoms with Gasteiger partial charge in [-0.15, -0.1) is 0 Å². The van der Waals surface area contributed by atoms with E-state index in [0.717, 1.165) is 11.1 Å². The highest BCUT2D eigenvalue weighted by Crippen LogP contribution is 2.18. The Morgan fingerprint density at radius 1 is 1.16 bits per heavy atom. The zero-order valence-electron chi connectivity index (χ0n) is 14.3. The van der Waals surface area contributed by atoms with E-state index < -0.39 is 10.1 Å². The number of ether oxygens (including phenoxy) is 1. The van der Waals surface area contributed by atoms with Gasteiger partial charge in [0.25, 0.3) is 10.1 Å². The van der Waals surface area contributed by atoms with Crippen LogP contribution in [0.25, 0.3) is 6.08 Å². The fourth-order valence-corrected chi connectivity index (χ4v) is 2.37. The van der Waals surface area contributed by atoms with Crippen molar-refractivity contribution in [2.75, 3.05) is 7.11 Å². The first-order valence-electron chi connectivity index (χ1n) is 7.29. The third-order valence-corrected chi connectivity index (χ3v) is 3.69. The molecule has 0 saturated carbocycles. The smallest absolute Gasteiger partial charge is 0.287 e. The maximum Gasteiger partial charge on any atom is 0.287 e. The second kappa shape index (κ2) is 9.00. The number of hydrogen-bond donors (Lipinski definition) is 2. The monoisotopic (exact) mass is 363 g/mol. The van der Waals surface area contributed by atoms with Crippen molar-refractivity contribution in [1.82, 2.24) is 0 Å². The summed E-state index contributed by atoms with van der Waals surface area (Å²) in [6.45, 7) is 3.87. The van der Waals surface area contributed by atoms with Crippen LogP contribution in [-0.2, 0) is 10.1 Å². The van der Waals surface area contributed by atoms with Crippen molar-refractivity contribution in [3.8, 4) is 5.75 Å². The summed E-state index contributed by atoms with van der Waals surface area (Å²) in [6.07, 6.45) is 1.27. The van der Waals surface area contributed by atoms with Crippen molar-refractivity contribution < 1.29 is 22.5 Å². The summed E-state index contributed by atoms with van der Waals surface area (Å²) >= 11 is 0. The quantitative estimate of drug-likeness (QED) is 0.812. The van der Waals surface area contributed by atoms with Gasteiger partial charge in [0, 0.05) is 11.1 Å². The van der Waals surface area contributed by atoms with Crippen LogP contribution < -0.4 is 10.5 Å². The molecule has 3 N–H and O–H groups in total. The first-order chi connectivity index (χ1) is 11.6. The topological polar surface area (TPSA) is 107 Å². The molecular weight excluding hydrogens is 342 g/mol. The predicted octanol–water partition coefficient (Wildman–Crippen LogP) is 2.96. The van der Waals surface area contributed by atoms with Crippen molar-refractivity contribution in [2.24, 2.45) is 5.73 Å². The number of aryl methyl sites for hydroxylation is 2. The van der Waals surface area contributed by atoms with Gasteiger partial charge in [0.2, 0.25) is 5.91 Å². The number of carbonyl (C=O) groups is 1. The third-order valence-electron chi connectivity index (χ3n) is 3.21. The number of hydrogen-bond acceptors (Lipinski definition) is 4. The number of amides is 1. The largest absolute Gasteiger partial charge is 0.496 e. The average Bonchev–Trinajstić information content (AvgIpc) is 2.52. The van der Waals surface area contributed by atoms with Crippen LogP contribution in [0.1, 0.15) is 27.0 Å². The van der Waals surface area contributed by atoms with E-state index in [1.54, 1.807) is 30.3 Å². The molecule has 0 aliphatic heterocycles. The summed E-state index contributed by atoms with van der Waals surface area (Å²) in [7, 11) is -2.60. The minimum atomic E-state index is -4.08. The molecule has 0 bridgehead atoms. The number of nitrogens with two attached hydrogens (primary N) is 1. The first-order valence-corrected chi connectivity index (χ1v) is 8.80. The number of primary amides is 1. The van der Waals surface area contributed by atoms with Crippen molar-refractivity contribution in [3.05, 3.63) is 70.1 Å². The van der Waals surface area contributed by atoms with Gasteiger partial charge in [-0.3, -0.25) is 9.35 Å². The van der Waals surface area contributed by atoms with Gasteiger partial charge < -0.3 is 10.5 Å². The Labute approximate surface area is 147 Å². The summed E-state index contributed by atoms with van der Waals surface area (Å²) in [6, 6.07) is 12.5. The molecule has 0 radical (unpaired) electrons. The number of para-hydroxylation sites is 1. The SMILES string of the molecule is COc1ccccc1/C=C/S(=O)(=O)O.Cc1ccc(C(N)=O)c(C)c1. The van der Waals surface area contributed by atoms with Gasteiger partial charge in [-0.2, -0.15) is 8.42 Å². The molecule has 0 saturated heterocycles. The van der Waals surface area contributed by atoms with Crippen molar-refractivity contribution in [3.63, 3.8) is 0 Å². The van der Waals surface area contributed by atoms with Gasteiger partial charge in [-0.05, 0) is 37.6 Å². The first kappa shape index (κ1) is 20.4.